The molecule has 2 heterocycles. The molecule has 0 aliphatic rings. The summed E-state index contributed by atoms with van der Waals surface area (Å²) in [5, 5.41) is 21.0. The summed E-state index contributed by atoms with van der Waals surface area (Å²) in [5.41, 5.74) is 8.71. The standard InChI is InChI=1S/C14H10N6/c15-7-11-5-6-17-19-14(11)20-9-12(8-18-20)10-1-3-13(16)4-2-10/h1-6,8-9H,16H2. The van der Waals surface area contributed by atoms with Gasteiger partial charge in [-0.1, -0.05) is 12.1 Å². The van der Waals surface area contributed by atoms with Crippen LogP contribution in [0.3, 0.4) is 0 Å². The van der Waals surface area contributed by atoms with Gasteiger partial charge >= 0.3 is 0 Å². The average molecular weight is 262 g/mol. The summed E-state index contributed by atoms with van der Waals surface area (Å²) in [6.07, 6.45) is 4.99. The number of hydrogen-bond acceptors (Lipinski definition) is 5. The molecular formula is C14H10N6. The summed E-state index contributed by atoms with van der Waals surface area (Å²) in [7, 11) is 0. The van der Waals surface area contributed by atoms with Crippen LogP contribution in [0.25, 0.3) is 16.9 Å². The number of nitrogens with two attached hydrogens (primary N) is 1. The predicted molar refractivity (Wildman–Crippen MR) is 73.7 cm³/mol. The highest BCUT2D eigenvalue weighted by Crippen LogP contribution is 2.21. The highest BCUT2D eigenvalue weighted by Gasteiger charge is 2.09. The normalized spacial score (nSPS) is 10.2. The van der Waals surface area contributed by atoms with Gasteiger partial charge in [-0.15, -0.1) is 5.10 Å². The van der Waals surface area contributed by atoms with Gasteiger partial charge in [0, 0.05) is 17.4 Å². The van der Waals surface area contributed by atoms with Gasteiger partial charge in [0.15, 0.2) is 5.82 Å². The van der Waals surface area contributed by atoms with E-state index in [9.17, 15) is 0 Å². The van der Waals surface area contributed by atoms with E-state index in [1.54, 1.807) is 18.5 Å². The number of anilines is 1. The minimum atomic E-state index is 0.414. The lowest BCUT2D eigenvalue weighted by atomic mass is 10.1. The molecule has 96 valence electrons. The minimum absolute atomic E-state index is 0.414. The number of aromatic nitrogens is 4. The Morgan fingerprint density at radius 3 is 2.65 bits per heavy atom. The first kappa shape index (κ1) is 11.9. The average Bonchev–Trinajstić information content (AvgIpc) is 2.97. The van der Waals surface area contributed by atoms with E-state index < -0.39 is 0 Å². The summed E-state index contributed by atoms with van der Waals surface area (Å²) in [4.78, 5) is 0. The van der Waals surface area contributed by atoms with Gasteiger partial charge in [-0.2, -0.15) is 15.5 Å². The quantitative estimate of drug-likeness (QED) is 0.710. The second kappa shape index (κ2) is 4.82. The number of rotatable bonds is 2. The highest BCUT2D eigenvalue weighted by atomic mass is 15.3. The molecule has 2 N–H and O–H groups in total. The SMILES string of the molecule is N#Cc1ccnnc1-n1cc(-c2ccc(N)cc2)cn1. The van der Waals surface area contributed by atoms with Crippen molar-refractivity contribution in [2.75, 3.05) is 5.73 Å². The summed E-state index contributed by atoms with van der Waals surface area (Å²) < 4.78 is 1.54. The Kier molecular flexibility index (Phi) is 2.86. The largest absolute Gasteiger partial charge is 0.399 e. The molecule has 0 unspecified atom stereocenters. The maximum Gasteiger partial charge on any atom is 0.193 e. The number of benzene rings is 1. The molecule has 0 fully saturated rings. The van der Waals surface area contributed by atoms with E-state index >= 15 is 0 Å². The van der Waals surface area contributed by atoms with Crippen LogP contribution in [0.5, 0.6) is 0 Å². The van der Waals surface area contributed by atoms with Gasteiger partial charge in [0.2, 0.25) is 0 Å². The molecule has 0 amide bonds. The van der Waals surface area contributed by atoms with Crippen molar-refractivity contribution in [3.8, 4) is 23.0 Å². The Morgan fingerprint density at radius 2 is 1.90 bits per heavy atom. The van der Waals surface area contributed by atoms with Gasteiger partial charge < -0.3 is 5.73 Å². The molecule has 0 aliphatic carbocycles. The fourth-order valence-electron chi connectivity index (χ4n) is 1.84. The third-order valence-corrected chi connectivity index (χ3v) is 2.87. The smallest absolute Gasteiger partial charge is 0.193 e. The molecule has 2 aromatic heterocycles. The summed E-state index contributed by atoms with van der Waals surface area (Å²) in [6, 6.07) is 11.2. The first-order valence-electron chi connectivity index (χ1n) is 5.90. The first-order chi connectivity index (χ1) is 9.78. The van der Waals surface area contributed by atoms with E-state index in [1.807, 2.05) is 24.3 Å². The van der Waals surface area contributed by atoms with Crippen LogP contribution in [0.2, 0.25) is 0 Å². The third kappa shape index (κ3) is 2.08. The maximum atomic E-state index is 9.06. The van der Waals surface area contributed by atoms with Crippen LogP contribution in [0, 0.1) is 11.3 Å². The van der Waals surface area contributed by atoms with E-state index in [1.165, 1.54) is 10.9 Å². The lowest BCUT2D eigenvalue weighted by Gasteiger charge is -2.00. The van der Waals surface area contributed by atoms with Gasteiger partial charge in [0.25, 0.3) is 0 Å². The molecule has 6 heteroatoms. The highest BCUT2D eigenvalue weighted by molar-refractivity contribution is 5.64. The second-order valence-corrected chi connectivity index (χ2v) is 4.18. The van der Waals surface area contributed by atoms with Gasteiger partial charge in [0.05, 0.1) is 12.4 Å². The molecule has 0 radical (unpaired) electrons. The fraction of sp³-hybridized carbons (Fsp3) is 0. The van der Waals surface area contributed by atoms with E-state index in [0.29, 0.717) is 17.1 Å². The van der Waals surface area contributed by atoms with Crippen molar-refractivity contribution in [3.05, 3.63) is 54.5 Å². The van der Waals surface area contributed by atoms with E-state index in [-0.39, 0.29) is 0 Å². The van der Waals surface area contributed by atoms with Crippen molar-refractivity contribution >= 4 is 5.69 Å². The van der Waals surface area contributed by atoms with Crippen LogP contribution in [0.15, 0.2) is 48.9 Å². The molecular weight excluding hydrogens is 252 g/mol. The number of nitriles is 1. The molecule has 0 saturated heterocycles. The van der Waals surface area contributed by atoms with Gasteiger partial charge in [-0.05, 0) is 23.8 Å². The molecule has 6 nitrogen and oxygen atoms in total. The van der Waals surface area contributed by atoms with Crippen LogP contribution in [0.1, 0.15) is 5.56 Å². The van der Waals surface area contributed by atoms with Crippen LogP contribution in [-0.4, -0.2) is 20.0 Å². The molecule has 0 atom stereocenters. The lowest BCUT2D eigenvalue weighted by molar-refractivity contribution is 0.810. The van der Waals surface area contributed by atoms with E-state index in [4.69, 9.17) is 11.0 Å². The Hall–Kier alpha value is -3.20. The second-order valence-electron chi connectivity index (χ2n) is 4.18. The van der Waals surface area contributed by atoms with Crippen molar-refractivity contribution in [3.63, 3.8) is 0 Å². The molecule has 3 aromatic rings. The monoisotopic (exact) mass is 262 g/mol. The van der Waals surface area contributed by atoms with Gasteiger partial charge in [-0.25, -0.2) is 4.68 Å². The number of nitrogens with zero attached hydrogens (tertiary/aromatic N) is 5. The molecule has 0 aliphatic heterocycles. The van der Waals surface area contributed by atoms with Crippen molar-refractivity contribution in [1.29, 1.82) is 5.26 Å². The van der Waals surface area contributed by atoms with Crippen molar-refractivity contribution < 1.29 is 0 Å². The van der Waals surface area contributed by atoms with Crippen LogP contribution in [-0.2, 0) is 0 Å². The molecule has 3 rings (SSSR count). The van der Waals surface area contributed by atoms with Crippen LogP contribution < -0.4 is 5.73 Å². The van der Waals surface area contributed by atoms with Crippen molar-refractivity contribution in [2.45, 2.75) is 0 Å². The van der Waals surface area contributed by atoms with Crippen LogP contribution in [0.4, 0.5) is 5.69 Å². The number of hydrogen-bond donors (Lipinski definition) is 1. The Labute approximate surface area is 115 Å². The lowest BCUT2D eigenvalue weighted by Crippen LogP contribution is -2.02. The van der Waals surface area contributed by atoms with Gasteiger partial charge in [0.1, 0.15) is 11.6 Å². The maximum absolute atomic E-state index is 9.06. The molecule has 0 bridgehead atoms. The zero-order valence-electron chi connectivity index (χ0n) is 10.4. The molecule has 1 aromatic carbocycles. The zero-order chi connectivity index (χ0) is 13.9. The van der Waals surface area contributed by atoms with Crippen LogP contribution >= 0.6 is 0 Å². The summed E-state index contributed by atoms with van der Waals surface area (Å²) >= 11 is 0. The number of nitrogen functional groups attached to an aromatic ring is 1. The van der Waals surface area contributed by atoms with Gasteiger partial charge in [-0.3, -0.25) is 0 Å². The van der Waals surface area contributed by atoms with E-state index in [0.717, 1.165) is 11.1 Å². The van der Waals surface area contributed by atoms with Crippen molar-refractivity contribution in [2.24, 2.45) is 0 Å². The topological polar surface area (TPSA) is 93.4 Å². The Morgan fingerprint density at radius 1 is 1.10 bits per heavy atom. The Bertz CT molecular complexity index is 782. The first-order valence-corrected chi connectivity index (χ1v) is 5.90. The van der Waals surface area contributed by atoms with E-state index in [2.05, 4.69) is 21.4 Å². The summed E-state index contributed by atoms with van der Waals surface area (Å²) in [5.74, 6) is 0.414. The molecule has 0 spiro atoms. The summed E-state index contributed by atoms with van der Waals surface area (Å²) in [6.45, 7) is 0. The fourth-order valence-corrected chi connectivity index (χ4v) is 1.84. The zero-order valence-corrected chi connectivity index (χ0v) is 10.4. The van der Waals surface area contributed by atoms with Crippen molar-refractivity contribution in [1.82, 2.24) is 20.0 Å². The Balaban J connectivity index is 2.02. The third-order valence-electron chi connectivity index (χ3n) is 2.87. The minimum Gasteiger partial charge on any atom is -0.399 e. The predicted octanol–water partition coefficient (Wildman–Crippen LogP) is 1.78. The molecule has 0 saturated carbocycles. The molecule has 20 heavy (non-hydrogen) atoms.